The van der Waals surface area contributed by atoms with Crippen molar-refractivity contribution in [2.75, 3.05) is 0 Å². The molecule has 0 radical (unpaired) electrons. The van der Waals surface area contributed by atoms with Gasteiger partial charge in [0.1, 0.15) is 6.33 Å². The van der Waals surface area contributed by atoms with Crippen LogP contribution in [0, 0.1) is 0 Å². The Morgan fingerprint density at radius 3 is 2.61 bits per heavy atom. The summed E-state index contributed by atoms with van der Waals surface area (Å²) in [6.45, 7) is 0. The molecule has 1 heterocycles. The second kappa shape index (κ2) is 4.24. The lowest BCUT2D eigenvalue weighted by Gasteiger charge is -2.04. The summed E-state index contributed by atoms with van der Waals surface area (Å²) in [5.41, 5.74) is 12.0. The molecule has 0 amide bonds. The fourth-order valence-electron chi connectivity index (χ4n) is 1.90. The molecule has 5 nitrogen and oxygen atoms in total. The lowest BCUT2D eigenvalue weighted by atomic mass is 10.2. The number of fused-ring (bicyclic) bond motifs is 1. The molecule has 3 rings (SSSR count). The number of hydrogen-bond acceptors (Lipinski definition) is 2. The van der Waals surface area contributed by atoms with Gasteiger partial charge in [-0.05, 0) is 29.8 Å². The quantitative estimate of drug-likeness (QED) is 0.376. The first kappa shape index (κ1) is 10.4. The van der Waals surface area contributed by atoms with Crippen molar-refractivity contribution in [2.45, 2.75) is 0 Å². The fourth-order valence-corrected chi connectivity index (χ4v) is 1.90. The van der Waals surface area contributed by atoms with E-state index >= 15 is 0 Å². The molecule has 0 saturated carbocycles. The molecule has 2 aromatic carbocycles. The normalized spacial score (nSPS) is 10.2. The van der Waals surface area contributed by atoms with Gasteiger partial charge >= 0.3 is 0 Å². The highest BCUT2D eigenvalue weighted by molar-refractivity contribution is 5.77. The van der Waals surface area contributed by atoms with Gasteiger partial charge in [-0.15, -0.1) is 0 Å². The monoisotopic (exact) mass is 235 g/mol. The first-order valence-corrected chi connectivity index (χ1v) is 5.46. The van der Waals surface area contributed by atoms with Crippen LogP contribution in [0.1, 0.15) is 0 Å². The molecule has 3 aromatic rings. The number of aromatic nitrogens is 2. The summed E-state index contributed by atoms with van der Waals surface area (Å²) in [5, 5.41) is 3.55. The molecule has 0 saturated heterocycles. The third kappa shape index (κ3) is 1.69. The van der Waals surface area contributed by atoms with Crippen LogP contribution in [-0.4, -0.2) is 9.55 Å². The van der Waals surface area contributed by atoms with Gasteiger partial charge in [0.25, 0.3) is 0 Å². The molecule has 0 fully saturated rings. The molecule has 0 aliphatic heterocycles. The highest BCUT2D eigenvalue weighted by Gasteiger charge is 2.02. The lowest BCUT2D eigenvalue weighted by molar-refractivity contribution is 1.09. The van der Waals surface area contributed by atoms with E-state index in [9.17, 15) is 0 Å². The zero-order valence-corrected chi connectivity index (χ0v) is 9.43. The molecular formula is C13H9N5. The molecule has 86 valence electrons. The number of azide groups is 1. The van der Waals surface area contributed by atoms with Gasteiger partial charge in [0.05, 0.1) is 11.0 Å². The Labute approximate surface area is 103 Å². The Morgan fingerprint density at radius 2 is 1.83 bits per heavy atom. The second-order valence-electron chi connectivity index (χ2n) is 3.81. The van der Waals surface area contributed by atoms with Crippen LogP contribution in [0.3, 0.4) is 0 Å². The average molecular weight is 235 g/mol. The van der Waals surface area contributed by atoms with Crippen LogP contribution in [0.5, 0.6) is 0 Å². The van der Waals surface area contributed by atoms with E-state index in [1.807, 2.05) is 41.0 Å². The van der Waals surface area contributed by atoms with Crippen molar-refractivity contribution < 1.29 is 0 Å². The van der Waals surface area contributed by atoms with E-state index in [0.717, 1.165) is 16.7 Å². The Morgan fingerprint density at radius 1 is 1.06 bits per heavy atom. The van der Waals surface area contributed by atoms with E-state index in [1.54, 1.807) is 18.5 Å². The molecule has 0 aliphatic carbocycles. The molecule has 0 spiro atoms. The fraction of sp³-hybridized carbons (Fsp3) is 0. The molecule has 18 heavy (non-hydrogen) atoms. The molecule has 0 atom stereocenters. The smallest absolute Gasteiger partial charge is 0.100 e. The highest BCUT2D eigenvalue weighted by Crippen LogP contribution is 2.20. The van der Waals surface area contributed by atoms with Crippen LogP contribution in [-0.2, 0) is 0 Å². The van der Waals surface area contributed by atoms with Crippen molar-refractivity contribution in [1.82, 2.24) is 9.55 Å². The molecule has 5 heteroatoms. The molecule has 0 N–H and O–H groups in total. The van der Waals surface area contributed by atoms with Gasteiger partial charge in [0.2, 0.25) is 0 Å². The third-order valence-electron chi connectivity index (χ3n) is 2.74. The van der Waals surface area contributed by atoms with Crippen LogP contribution in [0.15, 0.2) is 60.0 Å². The summed E-state index contributed by atoms with van der Waals surface area (Å²) < 4.78 is 2.00. The maximum Gasteiger partial charge on any atom is 0.100 e. The van der Waals surface area contributed by atoms with Crippen LogP contribution in [0.4, 0.5) is 5.69 Å². The zero-order chi connectivity index (χ0) is 12.4. The largest absolute Gasteiger partial charge is 0.299 e. The molecule has 0 bridgehead atoms. The predicted molar refractivity (Wildman–Crippen MR) is 69.9 cm³/mol. The van der Waals surface area contributed by atoms with E-state index in [4.69, 9.17) is 5.53 Å². The van der Waals surface area contributed by atoms with Crippen molar-refractivity contribution in [3.63, 3.8) is 0 Å². The Bertz CT molecular complexity index is 735. The molecule has 0 aliphatic rings. The van der Waals surface area contributed by atoms with E-state index < -0.39 is 0 Å². The minimum atomic E-state index is 0.602. The SMILES string of the molecule is [N-]=[N+]=Nc1ccc(-n2cnc3ccccc32)cc1. The van der Waals surface area contributed by atoms with Gasteiger partial charge in [-0.1, -0.05) is 29.4 Å². The Kier molecular flexibility index (Phi) is 2.44. The molecule has 0 unspecified atom stereocenters. The zero-order valence-electron chi connectivity index (χ0n) is 9.43. The maximum atomic E-state index is 8.36. The van der Waals surface area contributed by atoms with Gasteiger partial charge in [0.15, 0.2) is 0 Å². The van der Waals surface area contributed by atoms with Gasteiger partial charge in [0, 0.05) is 16.3 Å². The summed E-state index contributed by atoms with van der Waals surface area (Å²) in [5.74, 6) is 0. The second-order valence-corrected chi connectivity index (χ2v) is 3.81. The summed E-state index contributed by atoms with van der Waals surface area (Å²) in [6, 6.07) is 15.3. The maximum absolute atomic E-state index is 8.36. The Hall–Kier alpha value is -2.78. The lowest BCUT2D eigenvalue weighted by Crippen LogP contribution is -1.90. The van der Waals surface area contributed by atoms with E-state index in [2.05, 4.69) is 15.0 Å². The number of para-hydroxylation sites is 2. The van der Waals surface area contributed by atoms with E-state index in [-0.39, 0.29) is 0 Å². The van der Waals surface area contributed by atoms with Crippen molar-refractivity contribution >= 4 is 16.7 Å². The molecule has 1 aromatic heterocycles. The van der Waals surface area contributed by atoms with Gasteiger partial charge in [-0.2, -0.15) is 0 Å². The van der Waals surface area contributed by atoms with Crippen molar-refractivity contribution in [2.24, 2.45) is 5.11 Å². The summed E-state index contributed by atoms with van der Waals surface area (Å²) in [6.07, 6.45) is 1.78. The van der Waals surface area contributed by atoms with Crippen LogP contribution in [0.25, 0.3) is 27.2 Å². The third-order valence-corrected chi connectivity index (χ3v) is 2.74. The predicted octanol–water partition coefficient (Wildman–Crippen LogP) is 3.97. The first-order chi connectivity index (χ1) is 8.88. The Balaban J connectivity index is 2.11. The summed E-state index contributed by atoms with van der Waals surface area (Å²) in [7, 11) is 0. The van der Waals surface area contributed by atoms with E-state index in [0.29, 0.717) is 5.69 Å². The number of hydrogen-bond donors (Lipinski definition) is 0. The molecular weight excluding hydrogens is 226 g/mol. The number of imidazole rings is 1. The minimum Gasteiger partial charge on any atom is -0.299 e. The average Bonchev–Trinajstić information content (AvgIpc) is 2.84. The van der Waals surface area contributed by atoms with Gasteiger partial charge < -0.3 is 0 Å². The van der Waals surface area contributed by atoms with Crippen molar-refractivity contribution in [3.05, 3.63) is 65.3 Å². The minimum absolute atomic E-state index is 0.602. The van der Waals surface area contributed by atoms with Crippen LogP contribution in [0.2, 0.25) is 0 Å². The van der Waals surface area contributed by atoms with Crippen molar-refractivity contribution in [1.29, 1.82) is 0 Å². The van der Waals surface area contributed by atoms with Crippen molar-refractivity contribution in [3.8, 4) is 5.69 Å². The standard InChI is InChI=1S/C13H9N5/c14-17-16-10-5-7-11(8-6-10)18-9-15-12-3-1-2-4-13(12)18/h1-9H. The van der Waals surface area contributed by atoms with Crippen LogP contribution < -0.4 is 0 Å². The summed E-state index contributed by atoms with van der Waals surface area (Å²) in [4.78, 5) is 7.09. The van der Waals surface area contributed by atoms with Crippen LogP contribution >= 0.6 is 0 Å². The first-order valence-electron chi connectivity index (χ1n) is 5.46. The highest BCUT2D eigenvalue weighted by atomic mass is 15.1. The topological polar surface area (TPSA) is 66.6 Å². The number of nitrogens with zero attached hydrogens (tertiary/aromatic N) is 5. The van der Waals surface area contributed by atoms with E-state index in [1.165, 1.54) is 0 Å². The number of benzene rings is 2. The number of rotatable bonds is 2. The van der Waals surface area contributed by atoms with Gasteiger partial charge in [-0.25, -0.2) is 4.98 Å². The summed E-state index contributed by atoms with van der Waals surface area (Å²) >= 11 is 0. The van der Waals surface area contributed by atoms with Gasteiger partial charge in [-0.3, -0.25) is 4.57 Å².